The Morgan fingerprint density at radius 2 is 2.06 bits per heavy atom. The molecule has 0 aliphatic carbocycles. The van der Waals surface area contributed by atoms with Crippen LogP contribution < -0.4 is 11.1 Å². The molecule has 84 valence electrons. The van der Waals surface area contributed by atoms with Gasteiger partial charge in [-0.15, -0.1) is 11.3 Å². The molecule has 16 heavy (non-hydrogen) atoms. The van der Waals surface area contributed by atoms with E-state index in [9.17, 15) is 0 Å². The first-order chi connectivity index (χ1) is 7.60. The second kappa shape index (κ2) is 5.39. The molecule has 0 atom stereocenters. The molecule has 0 aliphatic rings. The molecule has 0 spiro atoms. The number of hydrogen-bond donors (Lipinski definition) is 2. The number of nitrogens with one attached hydrogen (secondary N) is 1. The molecule has 5 heteroatoms. The van der Waals surface area contributed by atoms with Crippen LogP contribution in [0.2, 0.25) is 0 Å². The van der Waals surface area contributed by atoms with Crippen LogP contribution >= 0.6 is 11.3 Å². The lowest BCUT2D eigenvalue weighted by Crippen LogP contribution is -2.04. The molecule has 0 aliphatic heterocycles. The first-order valence-electron chi connectivity index (χ1n) is 5.06. The van der Waals surface area contributed by atoms with Crippen LogP contribution in [-0.2, 0) is 0 Å². The second-order valence-electron chi connectivity index (χ2n) is 3.88. The molecule has 0 unspecified atom stereocenters. The fourth-order valence-corrected chi connectivity index (χ4v) is 2.13. The average molecular weight is 234 g/mol. The van der Waals surface area contributed by atoms with Crippen molar-refractivity contribution in [1.29, 1.82) is 10.5 Å². The monoisotopic (exact) mass is 234 g/mol. The predicted octanol–water partition coefficient (Wildman–Crippen LogP) is 2.53. The average Bonchev–Trinajstić information content (AvgIpc) is 2.54. The Kier molecular flexibility index (Phi) is 4.16. The third-order valence-electron chi connectivity index (χ3n) is 2.17. The Balaban J connectivity index is 2.81. The van der Waals surface area contributed by atoms with E-state index in [4.69, 9.17) is 16.3 Å². The number of nitrogens with zero attached hydrogens (tertiary/aromatic N) is 2. The van der Waals surface area contributed by atoms with E-state index >= 15 is 0 Å². The van der Waals surface area contributed by atoms with Crippen molar-refractivity contribution in [1.82, 2.24) is 0 Å². The summed E-state index contributed by atoms with van der Waals surface area (Å²) in [5, 5.41) is 21.6. The third kappa shape index (κ3) is 2.65. The third-order valence-corrected chi connectivity index (χ3v) is 3.23. The summed E-state index contributed by atoms with van der Waals surface area (Å²) in [6.45, 7) is 5.06. The van der Waals surface area contributed by atoms with Gasteiger partial charge in [-0.3, -0.25) is 0 Å². The number of nitrogen functional groups attached to an aromatic ring is 1. The van der Waals surface area contributed by atoms with Crippen LogP contribution in [-0.4, -0.2) is 6.54 Å². The summed E-state index contributed by atoms with van der Waals surface area (Å²) in [5.41, 5.74) is 6.37. The van der Waals surface area contributed by atoms with Crippen LogP contribution in [0.3, 0.4) is 0 Å². The van der Waals surface area contributed by atoms with Crippen molar-refractivity contribution in [2.45, 2.75) is 20.3 Å². The highest BCUT2D eigenvalue weighted by Gasteiger charge is 2.14. The molecule has 1 rings (SSSR count). The zero-order valence-corrected chi connectivity index (χ0v) is 10.2. The number of hydrogen-bond acceptors (Lipinski definition) is 5. The van der Waals surface area contributed by atoms with Gasteiger partial charge >= 0.3 is 0 Å². The standard InChI is InChI=1S/C11H14N4S/c1-7(2)3-4-15-11-8(5-12)10(14)9(6-13)16-11/h7,15H,3-4,14H2,1-2H3. The van der Waals surface area contributed by atoms with E-state index < -0.39 is 0 Å². The number of nitriles is 2. The van der Waals surface area contributed by atoms with Crippen LogP contribution in [0.15, 0.2) is 0 Å². The zero-order valence-electron chi connectivity index (χ0n) is 9.37. The van der Waals surface area contributed by atoms with Crippen LogP contribution in [0.25, 0.3) is 0 Å². The largest absolute Gasteiger partial charge is 0.396 e. The van der Waals surface area contributed by atoms with Crippen molar-refractivity contribution in [3.63, 3.8) is 0 Å². The summed E-state index contributed by atoms with van der Waals surface area (Å²) in [6.07, 6.45) is 1.02. The maximum Gasteiger partial charge on any atom is 0.131 e. The quantitative estimate of drug-likeness (QED) is 0.838. The topological polar surface area (TPSA) is 85.6 Å². The molecule has 1 aromatic heterocycles. The zero-order chi connectivity index (χ0) is 12.1. The van der Waals surface area contributed by atoms with Crippen molar-refractivity contribution in [3.8, 4) is 12.1 Å². The highest BCUT2D eigenvalue weighted by atomic mass is 32.1. The summed E-state index contributed by atoms with van der Waals surface area (Å²) in [5.74, 6) is 0.603. The van der Waals surface area contributed by atoms with Crippen LogP contribution in [0.1, 0.15) is 30.7 Å². The minimum absolute atomic E-state index is 0.294. The first-order valence-corrected chi connectivity index (χ1v) is 5.88. The van der Waals surface area contributed by atoms with Gasteiger partial charge in [-0.25, -0.2) is 0 Å². The van der Waals surface area contributed by atoms with Crippen molar-refractivity contribution in [2.75, 3.05) is 17.6 Å². The molecule has 0 saturated carbocycles. The molecule has 0 radical (unpaired) electrons. The van der Waals surface area contributed by atoms with Crippen molar-refractivity contribution in [3.05, 3.63) is 10.4 Å². The minimum Gasteiger partial charge on any atom is -0.396 e. The molecule has 0 aromatic carbocycles. The Morgan fingerprint density at radius 1 is 1.38 bits per heavy atom. The predicted molar refractivity (Wildman–Crippen MR) is 66.1 cm³/mol. The molecule has 0 saturated heterocycles. The normalized spacial score (nSPS) is 9.81. The van der Waals surface area contributed by atoms with Crippen molar-refractivity contribution < 1.29 is 0 Å². The van der Waals surface area contributed by atoms with E-state index in [-0.39, 0.29) is 0 Å². The Labute approximate surface area is 99.3 Å². The lowest BCUT2D eigenvalue weighted by Gasteiger charge is -2.06. The summed E-state index contributed by atoms with van der Waals surface area (Å²) in [4.78, 5) is 0.406. The van der Waals surface area contributed by atoms with Gasteiger partial charge in [-0.2, -0.15) is 10.5 Å². The molecule has 3 N–H and O–H groups in total. The molecule has 4 nitrogen and oxygen atoms in total. The van der Waals surface area contributed by atoms with Crippen LogP contribution in [0, 0.1) is 28.6 Å². The Morgan fingerprint density at radius 3 is 2.56 bits per heavy atom. The fraction of sp³-hybridized carbons (Fsp3) is 0.455. The fourth-order valence-electron chi connectivity index (χ4n) is 1.24. The van der Waals surface area contributed by atoms with Gasteiger partial charge in [0.25, 0.3) is 0 Å². The molecular weight excluding hydrogens is 220 g/mol. The summed E-state index contributed by atoms with van der Waals surface area (Å²) in [7, 11) is 0. The molecule has 1 aromatic rings. The number of nitrogens with two attached hydrogens (primary N) is 1. The van der Waals surface area contributed by atoms with Gasteiger partial charge < -0.3 is 11.1 Å². The SMILES string of the molecule is CC(C)CCNc1sc(C#N)c(N)c1C#N. The van der Waals surface area contributed by atoms with Gasteiger partial charge in [-0.1, -0.05) is 13.8 Å². The summed E-state index contributed by atoms with van der Waals surface area (Å²) >= 11 is 1.24. The molecule has 0 bridgehead atoms. The van der Waals surface area contributed by atoms with E-state index in [0.717, 1.165) is 13.0 Å². The summed E-state index contributed by atoms with van der Waals surface area (Å²) < 4.78 is 0. The molecule has 0 amide bonds. The van der Waals surface area contributed by atoms with Gasteiger partial charge in [0.15, 0.2) is 0 Å². The maximum absolute atomic E-state index is 8.94. The number of anilines is 2. The van der Waals surface area contributed by atoms with Crippen molar-refractivity contribution >= 4 is 22.0 Å². The Bertz CT molecular complexity index is 448. The molecular formula is C11H14N4S. The number of thiophene rings is 1. The van der Waals surface area contributed by atoms with E-state index in [2.05, 4.69) is 19.2 Å². The van der Waals surface area contributed by atoms with Crippen LogP contribution in [0.4, 0.5) is 10.7 Å². The van der Waals surface area contributed by atoms with E-state index in [1.165, 1.54) is 11.3 Å². The lowest BCUT2D eigenvalue weighted by molar-refractivity contribution is 0.607. The smallest absolute Gasteiger partial charge is 0.131 e. The highest BCUT2D eigenvalue weighted by molar-refractivity contribution is 7.17. The van der Waals surface area contributed by atoms with Gasteiger partial charge in [0.2, 0.25) is 0 Å². The Hall–Kier alpha value is -1.72. The van der Waals surface area contributed by atoms with Crippen LogP contribution in [0.5, 0.6) is 0 Å². The second-order valence-corrected chi connectivity index (χ2v) is 4.90. The maximum atomic E-state index is 8.94. The van der Waals surface area contributed by atoms with E-state index in [1.54, 1.807) is 0 Å². The minimum atomic E-state index is 0.294. The lowest BCUT2D eigenvalue weighted by atomic mass is 10.1. The van der Waals surface area contributed by atoms with Gasteiger partial charge in [0, 0.05) is 6.54 Å². The van der Waals surface area contributed by atoms with Gasteiger partial charge in [0.1, 0.15) is 27.6 Å². The van der Waals surface area contributed by atoms with E-state index in [0.29, 0.717) is 27.0 Å². The van der Waals surface area contributed by atoms with Gasteiger partial charge in [-0.05, 0) is 12.3 Å². The highest BCUT2D eigenvalue weighted by Crippen LogP contribution is 2.34. The first kappa shape index (κ1) is 12.4. The number of rotatable bonds is 4. The van der Waals surface area contributed by atoms with Crippen molar-refractivity contribution in [2.24, 2.45) is 5.92 Å². The summed E-state index contributed by atoms with van der Waals surface area (Å²) in [6, 6.07) is 4.02. The molecule has 1 heterocycles. The van der Waals surface area contributed by atoms with E-state index in [1.807, 2.05) is 12.1 Å². The van der Waals surface area contributed by atoms with Gasteiger partial charge in [0.05, 0.1) is 5.69 Å². The molecule has 0 fully saturated rings.